The van der Waals surface area contributed by atoms with Crippen LogP contribution in [-0.4, -0.2) is 24.9 Å². The molecule has 0 saturated heterocycles. The fourth-order valence-corrected chi connectivity index (χ4v) is 2.06. The third-order valence-corrected chi connectivity index (χ3v) is 3.03. The predicted molar refractivity (Wildman–Crippen MR) is 65.9 cm³/mol. The van der Waals surface area contributed by atoms with E-state index in [9.17, 15) is 4.79 Å². The number of carbonyl (C=O) groups is 1. The highest BCUT2D eigenvalue weighted by atomic mass is 16.7. The van der Waals surface area contributed by atoms with Crippen molar-refractivity contribution in [2.24, 2.45) is 0 Å². The molecule has 1 aliphatic heterocycles. The van der Waals surface area contributed by atoms with Gasteiger partial charge in [0, 0.05) is 12.5 Å². The Bertz CT molecular complexity index is 433. The van der Waals surface area contributed by atoms with Gasteiger partial charge in [0.15, 0.2) is 11.5 Å². The highest BCUT2D eigenvalue weighted by Crippen LogP contribution is 2.34. The van der Waals surface area contributed by atoms with Crippen molar-refractivity contribution in [1.82, 2.24) is 5.32 Å². The Kier molecular flexibility index (Phi) is 4.04. The van der Waals surface area contributed by atoms with E-state index in [2.05, 4.69) is 5.32 Å². The van der Waals surface area contributed by atoms with Gasteiger partial charge in [0.2, 0.25) is 6.79 Å². The number of aliphatic carboxylic acids is 1. The molecule has 1 aromatic rings. The zero-order valence-electron chi connectivity index (χ0n) is 10.3. The first-order valence-electron chi connectivity index (χ1n) is 5.99. The van der Waals surface area contributed by atoms with E-state index in [1.54, 1.807) is 0 Å². The minimum atomic E-state index is -0.754. The molecule has 0 fully saturated rings. The number of benzene rings is 1. The number of ether oxygens (including phenoxy) is 2. The van der Waals surface area contributed by atoms with Crippen molar-refractivity contribution in [3.05, 3.63) is 23.8 Å². The fourth-order valence-electron chi connectivity index (χ4n) is 2.06. The Morgan fingerprint density at radius 1 is 1.44 bits per heavy atom. The average molecular weight is 251 g/mol. The summed E-state index contributed by atoms with van der Waals surface area (Å²) in [6.07, 6.45) is 1.63. The molecule has 0 spiro atoms. The second-order valence-electron chi connectivity index (χ2n) is 4.24. The molecule has 5 nitrogen and oxygen atoms in total. The quantitative estimate of drug-likeness (QED) is 0.808. The van der Waals surface area contributed by atoms with Gasteiger partial charge in [-0.3, -0.25) is 4.79 Å². The highest BCUT2D eigenvalue weighted by molar-refractivity contribution is 5.66. The molecule has 98 valence electrons. The monoisotopic (exact) mass is 251 g/mol. The van der Waals surface area contributed by atoms with Crippen LogP contribution >= 0.6 is 0 Å². The van der Waals surface area contributed by atoms with Gasteiger partial charge < -0.3 is 19.9 Å². The van der Waals surface area contributed by atoms with Crippen LogP contribution in [0.2, 0.25) is 0 Å². The standard InChI is InChI=1S/C13H17NO4/c1-14-10(3-2-4-13(15)16)9-5-6-11-12(7-9)18-8-17-11/h5-7,10,14H,2-4,8H2,1H3,(H,15,16). The third-order valence-electron chi connectivity index (χ3n) is 3.03. The lowest BCUT2D eigenvalue weighted by molar-refractivity contribution is -0.137. The molecule has 0 saturated carbocycles. The fraction of sp³-hybridized carbons (Fsp3) is 0.462. The van der Waals surface area contributed by atoms with Gasteiger partial charge in [0.25, 0.3) is 0 Å². The number of hydrogen-bond donors (Lipinski definition) is 2. The van der Waals surface area contributed by atoms with Gasteiger partial charge in [-0.15, -0.1) is 0 Å². The molecule has 0 bridgehead atoms. The molecule has 2 rings (SSSR count). The maximum Gasteiger partial charge on any atom is 0.303 e. The molecule has 1 heterocycles. The smallest absolute Gasteiger partial charge is 0.303 e. The highest BCUT2D eigenvalue weighted by Gasteiger charge is 2.17. The first-order valence-corrected chi connectivity index (χ1v) is 5.99. The summed E-state index contributed by atoms with van der Waals surface area (Å²) in [6, 6.07) is 5.96. The van der Waals surface area contributed by atoms with Crippen molar-refractivity contribution in [3.8, 4) is 11.5 Å². The van der Waals surface area contributed by atoms with E-state index in [4.69, 9.17) is 14.6 Å². The lowest BCUT2D eigenvalue weighted by atomic mass is 10.0. The summed E-state index contributed by atoms with van der Waals surface area (Å²) in [7, 11) is 1.87. The Labute approximate surface area is 106 Å². The van der Waals surface area contributed by atoms with E-state index in [0.29, 0.717) is 6.42 Å². The second kappa shape index (κ2) is 5.73. The number of rotatable bonds is 6. The van der Waals surface area contributed by atoms with Crippen molar-refractivity contribution >= 4 is 5.97 Å². The number of fused-ring (bicyclic) bond motifs is 1. The molecule has 0 radical (unpaired) electrons. The second-order valence-corrected chi connectivity index (χ2v) is 4.24. The summed E-state index contributed by atoms with van der Waals surface area (Å²) < 4.78 is 10.6. The summed E-state index contributed by atoms with van der Waals surface area (Å²) in [5.41, 5.74) is 1.09. The molecule has 1 atom stereocenters. The molecular formula is C13H17NO4. The molecule has 0 aliphatic carbocycles. The van der Waals surface area contributed by atoms with E-state index < -0.39 is 5.97 Å². The van der Waals surface area contributed by atoms with E-state index in [-0.39, 0.29) is 19.3 Å². The normalized spacial score (nSPS) is 14.5. The lowest BCUT2D eigenvalue weighted by Gasteiger charge is -2.16. The van der Waals surface area contributed by atoms with Gasteiger partial charge in [-0.05, 0) is 37.6 Å². The van der Waals surface area contributed by atoms with Crippen molar-refractivity contribution in [2.75, 3.05) is 13.8 Å². The van der Waals surface area contributed by atoms with E-state index in [1.165, 1.54) is 0 Å². The molecule has 5 heteroatoms. The largest absolute Gasteiger partial charge is 0.481 e. The molecule has 1 unspecified atom stereocenters. The Hall–Kier alpha value is -1.75. The molecular weight excluding hydrogens is 234 g/mol. The third kappa shape index (κ3) is 2.92. The SMILES string of the molecule is CNC(CCCC(=O)O)c1ccc2c(c1)OCO2. The van der Waals surface area contributed by atoms with Crippen LogP contribution in [0.5, 0.6) is 11.5 Å². The van der Waals surface area contributed by atoms with Gasteiger partial charge in [-0.25, -0.2) is 0 Å². The number of carboxylic acid groups (broad SMARTS) is 1. The maximum atomic E-state index is 10.5. The summed E-state index contributed by atoms with van der Waals surface area (Å²) in [6.45, 7) is 0.266. The van der Waals surface area contributed by atoms with Gasteiger partial charge in [-0.2, -0.15) is 0 Å². The maximum absolute atomic E-state index is 10.5. The van der Waals surface area contributed by atoms with Gasteiger partial charge in [-0.1, -0.05) is 6.07 Å². The summed E-state index contributed by atoms with van der Waals surface area (Å²) >= 11 is 0. The van der Waals surface area contributed by atoms with Crippen molar-refractivity contribution < 1.29 is 19.4 Å². The minimum absolute atomic E-state index is 0.138. The zero-order valence-corrected chi connectivity index (χ0v) is 10.3. The van der Waals surface area contributed by atoms with E-state index >= 15 is 0 Å². The number of nitrogens with one attached hydrogen (secondary N) is 1. The summed E-state index contributed by atoms with van der Waals surface area (Å²) in [5.74, 6) is 0.765. The molecule has 1 aliphatic rings. The van der Waals surface area contributed by atoms with Crippen LogP contribution in [-0.2, 0) is 4.79 Å². The molecule has 0 aromatic heterocycles. The predicted octanol–water partition coefficient (Wildman–Crippen LogP) is 1.93. The van der Waals surface area contributed by atoms with Gasteiger partial charge in [0.05, 0.1) is 0 Å². The molecule has 2 N–H and O–H groups in total. The number of hydrogen-bond acceptors (Lipinski definition) is 4. The topological polar surface area (TPSA) is 67.8 Å². The number of carboxylic acids is 1. The Morgan fingerprint density at radius 3 is 2.94 bits per heavy atom. The van der Waals surface area contributed by atoms with Gasteiger partial charge in [0.1, 0.15) is 0 Å². The summed E-state index contributed by atoms with van der Waals surface area (Å²) in [4.78, 5) is 10.5. The Morgan fingerprint density at radius 2 is 2.22 bits per heavy atom. The van der Waals surface area contributed by atoms with E-state index in [1.807, 2.05) is 25.2 Å². The molecule has 1 aromatic carbocycles. The van der Waals surface area contributed by atoms with Crippen LogP contribution in [0.1, 0.15) is 30.9 Å². The van der Waals surface area contributed by atoms with Crippen LogP contribution in [0.4, 0.5) is 0 Å². The minimum Gasteiger partial charge on any atom is -0.481 e. The zero-order chi connectivity index (χ0) is 13.0. The van der Waals surface area contributed by atoms with Crippen LogP contribution in [0.3, 0.4) is 0 Å². The first-order chi connectivity index (χ1) is 8.70. The van der Waals surface area contributed by atoms with Crippen LogP contribution in [0, 0.1) is 0 Å². The molecule has 18 heavy (non-hydrogen) atoms. The van der Waals surface area contributed by atoms with Crippen LogP contribution in [0.25, 0.3) is 0 Å². The van der Waals surface area contributed by atoms with E-state index in [0.717, 1.165) is 23.5 Å². The average Bonchev–Trinajstić information content (AvgIpc) is 2.81. The van der Waals surface area contributed by atoms with Crippen molar-refractivity contribution in [1.29, 1.82) is 0 Å². The van der Waals surface area contributed by atoms with Gasteiger partial charge >= 0.3 is 5.97 Å². The Balaban J connectivity index is 2.01. The molecule has 0 amide bonds. The van der Waals surface area contributed by atoms with Crippen molar-refractivity contribution in [3.63, 3.8) is 0 Å². The summed E-state index contributed by atoms with van der Waals surface area (Å²) in [5, 5.41) is 11.8. The first kappa shape index (κ1) is 12.7. The van der Waals surface area contributed by atoms with Crippen LogP contribution < -0.4 is 14.8 Å². The van der Waals surface area contributed by atoms with Crippen molar-refractivity contribution in [2.45, 2.75) is 25.3 Å². The van der Waals surface area contributed by atoms with Crippen LogP contribution in [0.15, 0.2) is 18.2 Å². The lowest BCUT2D eigenvalue weighted by Crippen LogP contribution is -2.16.